The van der Waals surface area contributed by atoms with Gasteiger partial charge < -0.3 is 19.4 Å². The number of nitrogens with zero attached hydrogens (tertiary/aromatic N) is 2. The van der Waals surface area contributed by atoms with E-state index in [-0.39, 0.29) is 12.7 Å². The van der Waals surface area contributed by atoms with E-state index in [0.29, 0.717) is 24.6 Å². The number of hydrogen-bond donors (Lipinski definition) is 2. The van der Waals surface area contributed by atoms with E-state index < -0.39 is 11.7 Å². The van der Waals surface area contributed by atoms with E-state index in [1.807, 2.05) is 107 Å². The van der Waals surface area contributed by atoms with Crippen LogP contribution in [0.25, 0.3) is 22.4 Å². The van der Waals surface area contributed by atoms with E-state index in [0.717, 1.165) is 34.4 Å². The molecular formula is C32H36N4O4. The summed E-state index contributed by atoms with van der Waals surface area (Å²) in [6.07, 6.45) is 1.75. The zero-order valence-corrected chi connectivity index (χ0v) is 23.4. The van der Waals surface area contributed by atoms with Gasteiger partial charge in [-0.3, -0.25) is 5.32 Å². The van der Waals surface area contributed by atoms with Crippen LogP contribution in [-0.4, -0.2) is 39.2 Å². The number of aromatic nitrogens is 2. The Morgan fingerprint density at radius 3 is 2.15 bits per heavy atom. The van der Waals surface area contributed by atoms with Gasteiger partial charge in [0, 0.05) is 12.2 Å². The second kappa shape index (κ2) is 13.0. The van der Waals surface area contributed by atoms with E-state index in [4.69, 9.17) is 9.47 Å². The van der Waals surface area contributed by atoms with Crippen LogP contribution in [0.15, 0.2) is 85.1 Å². The molecule has 0 saturated heterocycles. The molecule has 0 fully saturated rings. The minimum Gasteiger partial charge on any atom is -0.445 e. The van der Waals surface area contributed by atoms with Gasteiger partial charge in [0.2, 0.25) is 0 Å². The topological polar surface area (TPSA) is 96.5 Å². The van der Waals surface area contributed by atoms with E-state index in [1.54, 1.807) is 11.1 Å². The molecule has 0 bridgehead atoms. The summed E-state index contributed by atoms with van der Waals surface area (Å²) in [5.41, 5.74) is 4.99. The fourth-order valence-corrected chi connectivity index (χ4v) is 4.10. The van der Waals surface area contributed by atoms with Crippen LogP contribution in [0.2, 0.25) is 0 Å². The van der Waals surface area contributed by atoms with Crippen molar-refractivity contribution in [2.75, 3.05) is 11.9 Å². The first-order valence-corrected chi connectivity index (χ1v) is 13.4. The standard InChI is InChI=1S/C32H36N4O4/c1-5-19-36(31(38)39-22-23-9-7-6-8-10-23)21-29-33-20-28(35-29)26-13-11-24(12-14-26)25-15-17-27(18-16-25)34-30(37)40-32(2,3)4/h6-18,20H,5,19,21-22H2,1-4H3,(H,33,35)(H,34,37). The van der Waals surface area contributed by atoms with Crippen molar-refractivity contribution >= 4 is 17.9 Å². The Hall–Kier alpha value is -4.59. The minimum absolute atomic E-state index is 0.235. The third-order valence-corrected chi connectivity index (χ3v) is 5.99. The van der Waals surface area contributed by atoms with Crippen LogP contribution >= 0.6 is 0 Å². The SMILES string of the molecule is CCCN(Cc1ncc(-c2ccc(-c3ccc(NC(=O)OC(C)(C)C)cc3)cc2)[nH]1)C(=O)OCc1ccccc1. The maximum absolute atomic E-state index is 12.7. The van der Waals surface area contributed by atoms with Crippen molar-refractivity contribution in [3.8, 4) is 22.4 Å². The molecule has 0 saturated carbocycles. The van der Waals surface area contributed by atoms with Crippen molar-refractivity contribution < 1.29 is 19.1 Å². The van der Waals surface area contributed by atoms with Gasteiger partial charge in [-0.1, -0.05) is 73.7 Å². The number of amides is 2. The normalized spacial score (nSPS) is 11.1. The number of aromatic amines is 1. The molecule has 2 amide bonds. The summed E-state index contributed by atoms with van der Waals surface area (Å²) in [5, 5.41) is 2.75. The zero-order valence-electron chi connectivity index (χ0n) is 23.4. The van der Waals surface area contributed by atoms with Crippen molar-refractivity contribution in [1.82, 2.24) is 14.9 Å². The highest BCUT2D eigenvalue weighted by Crippen LogP contribution is 2.25. The van der Waals surface area contributed by atoms with Gasteiger partial charge >= 0.3 is 12.2 Å². The summed E-state index contributed by atoms with van der Waals surface area (Å²) in [7, 11) is 0. The highest BCUT2D eigenvalue weighted by Gasteiger charge is 2.18. The second-order valence-electron chi connectivity index (χ2n) is 10.5. The summed E-state index contributed by atoms with van der Waals surface area (Å²) >= 11 is 0. The molecule has 8 heteroatoms. The fourth-order valence-electron chi connectivity index (χ4n) is 4.10. The largest absolute Gasteiger partial charge is 0.445 e. The Morgan fingerprint density at radius 1 is 0.900 bits per heavy atom. The van der Waals surface area contributed by atoms with Gasteiger partial charge in [-0.2, -0.15) is 0 Å². The predicted molar refractivity (Wildman–Crippen MR) is 157 cm³/mol. The molecule has 3 aromatic carbocycles. The maximum Gasteiger partial charge on any atom is 0.412 e. The number of H-pyrrole nitrogens is 1. The highest BCUT2D eigenvalue weighted by atomic mass is 16.6. The summed E-state index contributed by atoms with van der Waals surface area (Å²) in [6, 6.07) is 25.4. The summed E-state index contributed by atoms with van der Waals surface area (Å²) in [4.78, 5) is 34.2. The van der Waals surface area contributed by atoms with Crippen LogP contribution < -0.4 is 5.32 Å². The number of hydrogen-bond acceptors (Lipinski definition) is 5. The quantitative estimate of drug-likeness (QED) is 0.227. The lowest BCUT2D eigenvalue weighted by atomic mass is 10.0. The first-order valence-electron chi connectivity index (χ1n) is 13.4. The van der Waals surface area contributed by atoms with E-state index in [9.17, 15) is 9.59 Å². The summed E-state index contributed by atoms with van der Waals surface area (Å²) in [6.45, 7) is 8.65. The number of imidazole rings is 1. The molecule has 0 unspecified atom stereocenters. The minimum atomic E-state index is -0.551. The summed E-state index contributed by atoms with van der Waals surface area (Å²) < 4.78 is 10.8. The third-order valence-electron chi connectivity index (χ3n) is 5.99. The Morgan fingerprint density at radius 2 is 1.52 bits per heavy atom. The van der Waals surface area contributed by atoms with Crippen molar-refractivity contribution in [3.63, 3.8) is 0 Å². The van der Waals surface area contributed by atoms with Gasteiger partial charge in [0.15, 0.2) is 0 Å². The monoisotopic (exact) mass is 540 g/mol. The maximum atomic E-state index is 12.7. The Balaban J connectivity index is 1.36. The first kappa shape index (κ1) is 28.4. The molecule has 0 spiro atoms. The number of carbonyl (C=O) groups is 2. The molecule has 40 heavy (non-hydrogen) atoms. The number of nitrogens with one attached hydrogen (secondary N) is 2. The Labute approximate surface area is 235 Å². The Bertz CT molecular complexity index is 1390. The first-order chi connectivity index (χ1) is 19.2. The average molecular weight is 541 g/mol. The van der Waals surface area contributed by atoms with Crippen molar-refractivity contribution in [2.45, 2.75) is 52.9 Å². The molecule has 208 valence electrons. The van der Waals surface area contributed by atoms with Crippen LogP contribution in [0, 0.1) is 0 Å². The lowest BCUT2D eigenvalue weighted by molar-refractivity contribution is 0.0635. The zero-order chi connectivity index (χ0) is 28.5. The molecule has 1 aromatic heterocycles. The van der Waals surface area contributed by atoms with Crippen LogP contribution in [0.5, 0.6) is 0 Å². The molecule has 0 aliphatic carbocycles. The molecule has 0 atom stereocenters. The second-order valence-corrected chi connectivity index (χ2v) is 10.5. The highest BCUT2D eigenvalue weighted by molar-refractivity contribution is 5.85. The molecule has 0 aliphatic rings. The molecule has 8 nitrogen and oxygen atoms in total. The molecule has 0 aliphatic heterocycles. The molecule has 1 heterocycles. The number of ether oxygens (including phenoxy) is 2. The predicted octanol–water partition coefficient (Wildman–Crippen LogP) is 7.64. The van der Waals surface area contributed by atoms with Gasteiger partial charge in [0.25, 0.3) is 0 Å². The smallest absolute Gasteiger partial charge is 0.412 e. The molecule has 2 N–H and O–H groups in total. The van der Waals surface area contributed by atoms with Crippen LogP contribution in [-0.2, 0) is 22.6 Å². The number of anilines is 1. The number of benzene rings is 3. The molecular weight excluding hydrogens is 504 g/mol. The van der Waals surface area contributed by atoms with E-state index in [2.05, 4.69) is 15.3 Å². The third kappa shape index (κ3) is 8.20. The van der Waals surface area contributed by atoms with E-state index in [1.165, 1.54) is 0 Å². The number of carbonyl (C=O) groups excluding carboxylic acids is 2. The van der Waals surface area contributed by atoms with E-state index >= 15 is 0 Å². The average Bonchev–Trinajstić information content (AvgIpc) is 3.40. The molecule has 4 aromatic rings. The van der Waals surface area contributed by atoms with Crippen molar-refractivity contribution in [1.29, 1.82) is 0 Å². The molecule has 4 rings (SSSR count). The van der Waals surface area contributed by atoms with Crippen molar-refractivity contribution in [3.05, 3.63) is 96.4 Å². The van der Waals surface area contributed by atoms with Gasteiger partial charge in [0.05, 0.1) is 18.4 Å². The van der Waals surface area contributed by atoms with Gasteiger partial charge in [-0.25, -0.2) is 14.6 Å². The van der Waals surface area contributed by atoms with Crippen LogP contribution in [0.1, 0.15) is 45.5 Å². The Kier molecular flexibility index (Phi) is 9.22. The van der Waals surface area contributed by atoms with Crippen LogP contribution in [0.4, 0.5) is 15.3 Å². The van der Waals surface area contributed by atoms with Gasteiger partial charge in [-0.05, 0) is 61.6 Å². The number of rotatable bonds is 9. The molecule has 0 radical (unpaired) electrons. The summed E-state index contributed by atoms with van der Waals surface area (Å²) in [5.74, 6) is 0.692. The van der Waals surface area contributed by atoms with Gasteiger partial charge in [-0.15, -0.1) is 0 Å². The lowest BCUT2D eigenvalue weighted by Gasteiger charge is -2.20. The van der Waals surface area contributed by atoms with Gasteiger partial charge in [0.1, 0.15) is 18.0 Å². The van der Waals surface area contributed by atoms with Crippen molar-refractivity contribution in [2.24, 2.45) is 0 Å². The lowest BCUT2D eigenvalue weighted by Crippen LogP contribution is -2.32. The van der Waals surface area contributed by atoms with Crippen LogP contribution in [0.3, 0.4) is 0 Å². The fraction of sp³-hybridized carbons (Fsp3) is 0.281.